The van der Waals surface area contributed by atoms with Crippen LogP contribution >= 0.6 is 0 Å². The largest absolute Gasteiger partial charge is 0.305 e. The summed E-state index contributed by atoms with van der Waals surface area (Å²) < 4.78 is 13.9. The van der Waals surface area contributed by atoms with Crippen LogP contribution in [-0.2, 0) is 0 Å². The molecule has 1 aliphatic carbocycles. The third-order valence-corrected chi connectivity index (χ3v) is 5.52. The lowest BCUT2D eigenvalue weighted by atomic mass is 9.54. The van der Waals surface area contributed by atoms with E-state index in [1.807, 2.05) is 25.1 Å². The summed E-state index contributed by atoms with van der Waals surface area (Å²) in [6.45, 7) is 4.04. The molecule has 1 aromatic carbocycles. The molecule has 1 aromatic rings. The molecule has 0 radical (unpaired) electrons. The molecule has 0 bridgehead atoms. The zero-order chi connectivity index (χ0) is 18.9. The molecule has 3 atom stereocenters. The topological polar surface area (TPSA) is 98.5 Å². The molecule has 26 heavy (non-hydrogen) atoms. The average Bonchev–Trinajstić information content (AvgIpc) is 2.66. The van der Waals surface area contributed by atoms with Gasteiger partial charge in [0, 0.05) is 24.9 Å². The van der Waals surface area contributed by atoms with E-state index in [0.717, 1.165) is 12.1 Å². The molecule has 1 unspecified atom stereocenters. The molecule has 1 fully saturated rings. The van der Waals surface area contributed by atoms with E-state index in [1.54, 1.807) is 12.1 Å². The Kier molecular flexibility index (Phi) is 4.60. The van der Waals surface area contributed by atoms with E-state index in [0.29, 0.717) is 18.7 Å². The number of halogens is 1. The van der Waals surface area contributed by atoms with Crippen molar-refractivity contribution in [2.75, 3.05) is 19.6 Å². The number of likely N-dealkylation sites (N-methyl/N-ethyl adjacent to an activating group) is 1. The highest BCUT2D eigenvalue weighted by Crippen LogP contribution is 2.53. The number of hydrogen-bond donors (Lipinski definition) is 1. The molecule has 6 heteroatoms. The molecule has 1 heterocycles. The fourth-order valence-corrected chi connectivity index (χ4v) is 4.20. The molecule has 0 aromatic heterocycles. The van der Waals surface area contributed by atoms with Crippen molar-refractivity contribution in [2.45, 2.75) is 12.8 Å². The SMILES string of the molecule is CCN1CC=C2C(C#N)C(=N)C(C#N)(C#N)[C@@H](c3cccc(F)c3)[C@H]2C1. The summed E-state index contributed by atoms with van der Waals surface area (Å²) in [6.07, 6.45) is 1.94. The van der Waals surface area contributed by atoms with E-state index in [-0.39, 0.29) is 11.6 Å². The molecule has 3 rings (SSSR count). The van der Waals surface area contributed by atoms with Gasteiger partial charge in [0.2, 0.25) is 0 Å². The van der Waals surface area contributed by atoms with E-state index < -0.39 is 23.1 Å². The Labute approximate surface area is 152 Å². The Morgan fingerprint density at radius 2 is 2.04 bits per heavy atom. The van der Waals surface area contributed by atoms with Crippen LogP contribution in [0.15, 0.2) is 35.9 Å². The number of hydrogen-bond acceptors (Lipinski definition) is 5. The van der Waals surface area contributed by atoms with E-state index in [4.69, 9.17) is 5.41 Å². The van der Waals surface area contributed by atoms with Gasteiger partial charge in [-0.2, -0.15) is 15.8 Å². The quantitative estimate of drug-likeness (QED) is 0.831. The van der Waals surface area contributed by atoms with Crippen LogP contribution in [0, 0.1) is 62.5 Å². The first-order valence-corrected chi connectivity index (χ1v) is 8.51. The molecule has 130 valence electrons. The van der Waals surface area contributed by atoms with Gasteiger partial charge in [0.1, 0.15) is 11.7 Å². The highest BCUT2D eigenvalue weighted by Gasteiger charge is 2.57. The van der Waals surface area contributed by atoms with Crippen molar-refractivity contribution < 1.29 is 4.39 Å². The number of nitrogens with zero attached hydrogens (tertiary/aromatic N) is 4. The maximum atomic E-state index is 13.9. The standard InChI is InChI=1S/C20H18FN5/c1-2-26-7-6-15-16(9-22)19(25)20(11-23,12-24)18(17(15)10-26)13-4-3-5-14(21)8-13/h3-6,8,16-18,25H,2,7,10H2,1H3/t16?,17-,18-/m0/s1. The minimum atomic E-state index is -1.78. The Bertz CT molecular complexity index is 884. The Balaban J connectivity index is 2.26. The lowest BCUT2D eigenvalue weighted by Gasteiger charge is -2.47. The van der Waals surface area contributed by atoms with Crippen molar-refractivity contribution >= 4 is 5.71 Å². The zero-order valence-corrected chi connectivity index (χ0v) is 14.4. The zero-order valence-electron chi connectivity index (χ0n) is 14.4. The van der Waals surface area contributed by atoms with Gasteiger partial charge in [-0.1, -0.05) is 25.1 Å². The normalized spacial score (nSPS) is 27.4. The summed E-state index contributed by atoms with van der Waals surface area (Å²) in [4.78, 5) is 2.16. The number of nitrogens with one attached hydrogen (secondary N) is 1. The van der Waals surface area contributed by atoms with Gasteiger partial charge in [-0.25, -0.2) is 4.39 Å². The Morgan fingerprint density at radius 1 is 1.31 bits per heavy atom. The highest BCUT2D eigenvalue weighted by atomic mass is 19.1. The van der Waals surface area contributed by atoms with E-state index in [1.165, 1.54) is 12.1 Å². The van der Waals surface area contributed by atoms with Gasteiger partial charge in [0.25, 0.3) is 0 Å². The molecule has 0 spiro atoms. The summed E-state index contributed by atoms with van der Waals surface area (Å²) in [5.74, 6) is -2.31. The maximum absolute atomic E-state index is 13.9. The molecular formula is C20H18FN5. The summed E-state index contributed by atoms with van der Waals surface area (Å²) >= 11 is 0. The van der Waals surface area contributed by atoms with Crippen molar-refractivity contribution in [2.24, 2.45) is 17.3 Å². The van der Waals surface area contributed by atoms with Gasteiger partial charge in [0.15, 0.2) is 5.41 Å². The molecule has 5 nitrogen and oxygen atoms in total. The van der Waals surface area contributed by atoms with Crippen LogP contribution in [0.5, 0.6) is 0 Å². The molecule has 1 N–H and O–H groups in total. The minimum Gasteiger partial charge on any atom is -0.305 e. The van der Waals surface area contributed by atoms with Crippen molar-refractivity contribution in [3.05, 3.63) is 47.3 Å². The molecule has 1 aliphatic heterocycles. The second kappa shape index (κ2) is 6.71. The number of rotatable bonds is 2. The van der Waals surface area contributed by atoms with Crippen LogP contribution < -0.4 is 0 Å². The van der Waals surface area contributed by atoms with E-state index in [9.17, 15) is 20.2 Å². The second-order valence-corrected chi connectivity index (χ2v) is 6.70. The minimum absolute atomic E-state index is 0.202. The van der Waals surface area contributed by atoms with E-state index in [2.05, 4.69) is 11.0 Å². The van der Waals surface area contributed by atoms with Gasteiger partial charge < -0.3 is 5.41 Å². The van der Waals surface area contributed by atoms with Crippen LogP contribution in [0.25, 0.3) is 0 Å². The molecule has 0 amide bonds. The fraction of sp³-hybridized carbons (Fsp3) is 0.400. The van der Waals surface area contributed by atoms with Crippen LogP contribution in [0.1, 0.15) is 18.4 Å². The Hall–Kier alpha value is -3.01. The van der Waals surface area contributed by atoms with Crippen LogP contribution in [0.3, 0.4) is 0 Å². The van der Waals surface area contributed by atoms with Gasteiger partial charge in [-0.05, 0) is 29.8 Å². The first-order chi connectivity index (χ1) is 12.5. The predicted octanol–water partition coefficient (Wildman–Crippen LogP) is 2.99. The first-order valence-electron chi connectivity index (χ1n) is 8.51. The number of fused-ring (bicyclic) bond motifs is 1. The monoisotopic (exact) mass is 347 g/mol. The molecule has 1 saturated carbocycles. The first kappa shape index (κ1) is 17.8. The fourth-order valence-electron chi connectivity index (χ4n) is 4.20. The summed E-state index contributed by atoms with van der Waals surface area (Å²) in [7, 11) is 0. The van der Waals surface area contributed by atoms with Gasteiger partial charge in [-0.3, -0.25) is 4.90 Å². The van der Waals surface area contributed by atoms with Crippen molar-refractivity contribution in [1.82, 2.24) is 4.90 Å². The van der Waals surface area contributed by atoms with Crippen LogP contribution in [0.4, 0.5) is 4.39 Å². The predicted molar refractivity (Wildman–Crippen MR) is 93.3 cm³/mol. The Morgan fingerprint density at radius 3 is 2.62 bits per heavy atom. The second-order valence-electron chi connectivity index (χ2n) is 6.70. The van der Waals surface area contributed by atoms with Gasteiger partial charge in [0.05, 0.1) is 23.9 Å². The summed E-state index contributed by atoms with van der Waals surface area (Å²) in [5, 5.41) is 37.9. The number of benzene rings is 1. The maximum Gasteiger partial charge on any atom is 0.189 e. The van der Waals surface area contributed by atoms with Crippen molar-refractivity contribution in [1.29, 1.82) is 21.2 Å². The lowest BCUT2D eigenvalue weighted by Crippen LogP contribution is -2.52. The van der Waals surface area contributed by atoms with Crippen molar-refractivity contribution in [3.8, 4) is 18.2 Å². The summed E-state index contributed by atoms with van der Waals surface area (Å²) in [6, 6.07) is 12.0. The number of nitriles is 3. The van der Waals surface area contributed by atoms with Crippen LogP contribution in [0.2, 0.25) is 0 Å². The third kappa shape index (κ3) is 2.49. The smallest absolute Gasteiger partial charge is 0.189 e. The average molecular weight is 347 g/mol. The lowest BCUT2D eigenvalue weighted by molar-refractivity contribution is 0.211. The van der Waals surface area contributed by atoms with Crippen molar-refractivity contribution in [3.63, 3.8) is 0 Å². The van der Waals surface area contributed by atoms with E-state index >= 15 is 0 Å². The molecule has 2 aliphatic rings. The molecule has 0 saturated heterocycles. The van der Waals surface area contributed by atoms with Crippen LogP contribution in [-0.4, -0.2) is 30.2 Å². The van der Waals surface area contributed by atoms with Gasteiger partial charge >= 0.3 is 0 Å². The summed E-state index contributed by atoms with van der Waals surface area (Å²) in [5.41, 5.74) is -0.695. The molecular weight excluding hydrogens is 329 g/mol. The highest BCUT2D eigenvalue weighted by molar-refractivity contribution is 6.00. The third-order valence-electron chi connectivity index (χ3n) is 5.52. The van der Waals surface area contributed by atoms with Gasteiger partial charge in [-0.15, -0.1) is 0 Å².